The monoisotopic (exact) mass is 436 g/mol. The molecule has 0 radical (unpaired) electrons. The molecule has 2 fully saturated rings. The maximum Gasteiger partial charge on any atom is 0.322 e. The molecule has 7 nitrogen and oxygen atoms in total. The fourth-order valence-electron chi connectivity index (χ4n) is 4.84. The fourth-order valence-corrected chi connectivity index (χ4v) is 5.68. The van der Waals surface area contributed by atoms with Crippen molar-refractivity contribution in [1.29, 1.82) is 0 Å². The lowest BCUT2D eigenvalue weighted by atomic mass is 9.76. The van der Waals surface area contributed by atoms with Crippen LogP contribution in [0.2, 0.25) is 0 Å². The number of imide groups is 1. The first kappa shape index (κ1) is 19.8. The maximum absolute atomic E-state index is 13.0. The van der Waals surface area contributed by atoms with Gasteiger partial charge in [0.1, 0.15) is 5.54 Å². The third kappa shape index (κ3) is 3.61. The highest BCUT2D eigenvalue weighted by atomic mass is 32.1. The largest absolute Gasteiger partial charge is 0.361 e. The van der Waals surface area contributed by atoms with E-state index in [0.717, 1.165) is 10.9 Å². The lowest BCUT2D eigenvalue weighted by molar-refractivity contribution is -0.130. The summed E-state index contributed by atoms with van der Waals surface area (Å²) in [6.07, 6.45) is 4.17. The first-order valence-electron chi connectivity index (χ1n) is 10.6. The molecule has 1 aromatic carbocycles. The molecule has 1 atom stereocenters. The molecule has 5 rings (SSSR count). The summed E-state index contributed by atoms with van der Waals surface area (Å²) in [5.74, 6) is -0.341. The SMILES string of the molecule is O=C1NC(=O)C2(CCC(C(=O)NCC(c3cccs3)c3c[nH]c4ccccc34)CC2)N1. The Morgan fingerprint density at radius 3 is 2.68 bits per heavy atom. The van der Waals surface area contributed by atoms with Gasteiger partial charge in [0.05, 0.1) is 0 Å². The smallest absolute Gasteiger partial charge is 0.322 e. The molecular formula is C23H24N4O3S. The van der Waals surface area contributed by atoms with Crippen molar-refractivity contribution in [1.82, 2.24) is 20.9 Å². The number of aromatic amines is 1. The molecule has 1 saturated heterocycles. The van der Waals surface area contributed by atoms with Gasteiger partial charge in [-0.15, -0.1) is 11.3 Å². The number of rotatable bonds is 5. The zero-order chi connectivity index (χ0) is 21.4. The van der Waals surface area contributed by atoms with Crippen LogP contribution in [-0.4, -0.2) is 34.9 Å². The van der Waals surface area contributed by atoms with Crippen LogP contribution in [0.1, 0.15) is 42.0 Å². The number of aromatic nitrogens is 1. The number of H-pyrrole nitrogens is 1. The van der Waals surface area contributed by atoms with Crippen molar-refractivity contribution < 1.29 is 14.4 Å². The van der Waals surface area contributed by atoms with Crippen LogP contribution >= 0.6 is 11.3 Å². The average molecular weight is 437 g/mol. The first-order valence-corrected chi connectivity index (χ1v) is 11.4. The number of hydrogen-bond donors (Lipinski definition) is 4. The Kier molecular flexibility index (Phi) is 5.02. The minimum Gasteiger partial charge on any atom is -0.361 e. The summed E-state index contributed by atoms with van der Waals surface area (Å²) in [6, 6.07) is 11.9. The van der Waals surface area contributed by atoms with Crippen molar-refractivity contribution in [2.75, 3.05) is 6.54 Å². The third-order valence-electron chi connectivity index (χ3n) is 6.59. The molecule has 3 heterocycles. The number of fused-ring (bicyclic) bond motifs is 1. The third-order valence-corrected chi connectivity index (χ3v) is 7.57. The van der Waals surface area contributed by atoms with E-state index in [4.69, 9.17) is 0 Å². The van der Waals surface area contributed by atoms with Crippen LogP contribution in [0.5, 0.6) is 0 Å². The zero-order valence-electron chi connectivity index (χ0n) is 16.9. The summed E-state index contributed by atoms with van der Waals surface area (Å²) in [4.78, 5) is 41.1. The lowest BCUT2D eigenvalue weighted by Crippen LogP contribution is -2.51. The summed E-state index contributed by atoms with van der Waals surface area (Å²) in [5.41, 5.74) is 1.42. The van der Waals surface area contributed by atoms with Crippen LogP contribution in [0.25, 0.3) is 10.9 Å². The van der Waals surface area contributed by atoms with Crippen LogP contribution in [0, 0.1) is 5.92 Å². The molecule has 3 aromatic rings. The quantitative estimate of drug-likeness (QED) is 0.462. The molecule has 1 aliphatic carbocycles. The second-order valence-corrected chi connectivity index (χ2v) is 9.35. The highest BCUT2D eigenvalue weighted by molar-refractivity contribution is 7.10. The molecule has 0 bridgehead atoms. The van der Waals surface area contributed by atoms with E-state index in [-0.39, 0.29) is 23.7 Å². The van der Waals surface area contributed by atoms with Gasteiger partial charge in [-0.3, -0.25) is 14.9 Å². The Morgan fingerprint density at radius 1 is 1.16 bits per heavy atom. The number of thiophene rings is 1. The number of benzene rings is 1. The number of carbonyl (C=O) groups is 3. The number of amides is 4. The van der Waals surface area contributed by atoms with E-state index in [1.165, 1.54) is 10.4 Å². The number of carbonyl (C=O) groups excluding carboxylic acids is 3. The minimum atomic E-state index is -0.836. The molecule has 4 N–H and O–H groups in total. The average Bonchev–Trinajstić information content (AvgIpc) is 3.50. The fraction of sp³-hybridized carbons (Fsp3) is 0.348. The van der Waals surface area contributed by atoms with E-state index in [1.807, 2.05) is 24.4 Å². The van der Waals surface area contributed by atoms with Gasteiger partial charge >= 0.3 is 6.03 Å². The molecular weight excluding hydrogens is 412 g/mol. The summed E-state index contributed by atoms with van der Waals surface area (Å²) < 4.78 is 0. The van der Waals surface area contributed by atoms with Crippen molar-refractivity contribution in [3.8, 4) is 0 Å². The summed E-state index contributed by atoms with van der Waals surface area (Å²) >= 11 is 1.69. The van der Waals surface area contributed by atoms with Crippen LogP contribution in [0.15, 0.2) is 48.0 Å². The van der Waals surface area contributed by atoms with Crippen LogP contribution < -0.4 is 16.0 Å². The van der Waals surface area contributed by atoms with Gasteiger partial charge in [0, 0.05) is 40.4 Å². The van der Waals surface area contributed by atoms with Crippen LogP contribution in [-0.2, 0) is 9.59 Å². The topological polar surface area (TPSA) is 103 Å². The van der Waals surface area contributed by atoms with Crippen molar-refractivity contribution in [3.63, 3.8) is 0 Å². The van der Waals surface area contributed by atoms with Crippen molar-refractivity contribution in [2.45, 2.75) is 37.1 Å². The molecule has 4 amide bonds. The summed E-state index contributed by atoms with van der Waals surface area (Å²) in [7, 11) is 0. The minimum absolute atomic E-state index is 0.0148. The van der Waals surface area contributed by atoms with Gasteiger partial charge in [-0.05, 0) is 48.8 Å². The number of para-hydroxylation sites is 1. The van der Waals surface area contributed by atoms with E-state index in [1.54, 1.807) is 11.3 Å². The Morgan fingerprint density at radius 2 is 1.97 bits per heavy atom. The lowest BCUT2D eigenvalue weighted by Gasteiger charge is -2.34. The second kappa shape index (κ2) is 7.85. The summed E-state index contributed by atoms with van der Waals surface area (Å²) in [5, 5.41) is 11.4. The van der Waals surface area contributed by atoms with E-state index < -0.39 is 11.6 Å². The van der Waals surface area contributed by atoms with E-state index in [0.29, 0.717) is 32.2 Å². The highest BCUT2D eigenvalue weighted by Crippen LogP contribution is 2.35. The predicted octanol–water partition coefficient (Wildman–Crippen LogP) is 3.25. The van der Waals surface area contributed by atoms with Crippen molar-refractivity contribution >= 4 is 40.1 Å². The normalized spacial score (nSPS) is 24.2. The van der Waals surface area contributed by atoms with Crippen LogP contribution in [0.4, 0.5) is 4.79 Å². The standard InChI is InChI=1S/C23H24N4O3S/c28-20(14-7-9-23(10-8-14)21(29)26-22(30)27-23)25-13-17(19-6-3-11-31-19)16-12-24-18-5-2-1-4-15(16)18/h1-6,11-12,14,17,24H,7-10,13H2,(H,25,28)(H2,26,27,29,30). The molecule has 1 aliphatic heterocycles. The van der Waals surface area contributed by atoms with Gasteiger partial charge in [0.25, 0.3) is 5.91 Å². The Hall–Kier alpha value is -3.13. The number of nitrogens with one attached hydrogen (secondary N) is 4. The van der Waals surface area contributed by atoms with Gasteiger partial charge < -0.3 is 15.6 Å². The summed E-state index contributed by atoms with van der Waals surface area (Å²) in [6.45, 7) is 0.514. The Balaban J connectivity index is 1.28. The molecule has 2 aliphatic rings. The Bertz CT molecular complexity index is 1130. The van der Waals surface area contributed by atoms with Gasteiger partial charge in [0.15, 0.2) is 0 Å². The van der Waals surface area contributed by atoms with E-state index in [9.17, 15) is 14.4 Å². The molecule has 8 heteroatoms. The van der Waals surface area contributed by atoms with Gasteiger partial charge in [-0.2, -0.15) is 0 Å². The zero-order valence-corrected chi connectivity index (χ0v) is 17.8. The van der Waals surface area contributed by atoms with Gasteiger partial charge in [-0.1, -0.05) is 24.3 Å². The number of hydrogen-bond acceptors (Lipinski definition) is 4. The molecule has 31 heavy (non-hydrogen) atoms. The first-order chi connectivity index (χ1) is 15.1. The Labute approximate surface area is 183 Å². The molecule has 1 unspecified atom stereocenters. The van der Waals surface area contributed by atoms with Gasteiger partial charge in [0.2, 0.25) is 5.91 Å². The van der Waals surface area contributed by atoms with E-state index in [2.05, 4.69) is 44.5 Å². The maximum atomic E-state index is 13.0. The predicted molar refractivity (Wildman–Crippen MR) is 119 cm³/mol. The van der Waals surface area contributed by atoms with Crippen molar-refractivity contribution in [2.24, 2.45) is 5.92 Å². The number of urea groups is 1. The molecule has 2 aromatic heterocycles. The van der Waals surface area contributed by atoms with Crippen LogP contribution in [0.3, 0.4) is 0 Å². The molecule has 160 valence electrons. The van der Waals surface area contributed by atoms with Gasteiger partial charge in [-0.25, -0.2) is 4.79 Å². The van der Waals surface area contributed by atoms with E-state index >= 15 is 0 Å². The second-order valence-electron chi connectivity index (χ2n) is 8.37. The highest BCUT2D eigenvalue weighted by Gasteiger charge is 2.48. The molecule has 1 spiro atoms. The van der Waals surface area contributed by atoms with Crippen molar-refractivity contribution in [3.05, 3.63) is 58.4 Å². The molecule has 1 saturated carbocycles.